The standard InChI is InChI=1S/C11H11N5/c12-11-14-7-13-10-6-9(15-16(10)11)8-4-2-1-3-5-8/h1-7,11H,12H2,(H,13,14). The van der Waals surface area contributed by atoms with E-state index in [9.17, 15) is 0 Å². The molecule has 0 saturated heterocycles. The second kappa shape index (κ2) is 3.46. The van der Waals surface area contributed by atoms with E-state index in [0.29, 0.717) is 0 Å². The zero-order valence-corrected chi connectivity index (χ0v) is 8.54. The molecule has 2 aromatic rings. The third-order valence-electron chi connectivity index (χ3n) is 2.50. The molecule has 1 aliphatic rings. The second-order valence-corrected chi connectivity index (χ2v) is 3.56. The molecule has 1 aliphatic heterocycles. The molecular weight excluding hydrogens is 202 g/mol. The van der Waals surface area contributed by atoms with Crippen LogP contribution in [0.15, 0.2) is 41.4 Å². The average Bonchev–Trinajstić information content (AvgIpc) is 2.76. The number of aromatic nitrogens is 2. The lowest BCUT2D eigenvalue weighted by atomic mass is 10.2. The zero-order valence-electron chi connectivity index (χ0n) is 8.54. The highest BCUT2D eigenvalue weighted by atomic mass is 15.4. The van der Waals surface area contributed by atoms with Gasteiger partial charge in [0.2, 0.25) is 0 Å². The van der Waals surface area contributed by atoms with Crippen molar-refractivity contribution < 1.29 is 0 Å². The maximum atomic E-state index is 5.80. The summed E-state index contributed by atoms with van der Waals surface area (Å²) in [5, 5.41) is 7.43. The highest BCUT2D eigenvalue weighted by Gasteiger charge is 2.15. The van der Waals surface area contributed by atoms with Crippen molar-refractivity contribution in [2.24, 2.45) is 10.7 Å². The molecule has 1 unspecified atom stereocenters. The van der Waals surface area contributed by atoms with Crippen molar-refractivity contribution >= 4 is 12.2 Å². The van der Waals surface area contributed by atoms with E-state index < -0.39 is 6.29 Å². The van der Waals surface area contributed by atoms with Crippen molar-refractivity contribution in [2.75, 3.05) is 5.32 Å². The zero-order chi connectivity index (χ0) is 11.0. The Kier molecular flexibility index (Phi) is 1.97. The normalized spacial score (nSPS) is 17.9. The number of anilines is 1. The summed E-state index contributed by atoms with van der Waals surface area (Å²) in [4.78, 5) is 4.02. The molecule has 0 saturated carbocycles. The van der Waals surface area contributed by atoms with Crippen LogP contribution in [0.2, 0.25) is 0 Å². The number of nitrogens with two attached hydrogens (primary N) is 1. The van der Waals surface area contributed by atoms with Crippen molar-refractivity contribution in [2.45, 2.75) is 6.29 Å². The lowest BCUT2D eigenvalue weighted by Gasteiger charge is -2.14. The Hall–Kier alpha value is -2.14. The molecule has 2 heterocycles. The van der Waals surface area contributed by atoms with Crippen molar-refractivity contribution in [3.8, 4) is 11.3 Å². The van der Waals surface area contributed by atoms with Crippen LogP contribution < -0.4 is 11.1 Å². The molecule has 16 heavy (non-hydrogen) atoms. The summed E-state index contributed by atoms with van der Waals surface area (Å²) in [5.74, 6) is 0.862. The first-order valence-electron chi connectivity index (χ1n) is 5.03. The molecule has 1 aromatic heterocycles. The Morgan fingerprint density at radius 2 is 2.06 bits per heavy atom. The first-order chi connectivity index (χ1) is 7.84. The molecule has 0 fully saturated rings. The molecule has 0 amide bonds. The first kappa shape index (κ1) is 9.11. The Morgan fingerprint density at radius 1 is 1.25 bits per heavy atom. The molecule has 0 radical (unpaired) electrons. The van der Waals surface area contributed by atoms with E-state index in [2.05, 4.69) is 15.4 Å². The number of nitrogens with zero attached hydrogens (tertiary/aromatic N) is 3. The molecule has 5 heteroatoms. The van der Waals surface area contributed by atoms with Gasteiger partial charge in [-0.15, -0.1) is 0 Å². The Bertz CT molecular complexity index is 529. The monoisotopic (exact) mass is 213 g/mol. The summed E-state index contributed by atoms with van der Waals surface area (Å²) in [7, 11) is 0. The predicted molar refractivity (Wildman–Crippen MR) is 63.0 cm³/mol. The Morgan fingerprint density at radius 3 is 2.81 bits per heavy atom. The molecular formula is C11H11N5. The van der Waals surface area contributed by atoms with Crippen molar-refractivity contribution in [1.82, 2.24) is 9.78 Å². The summed E-state index contributed by atoms with van der Waals surface area (Å²) in [6.07, 6.45) is 1.16. The van der Waals surface area contributed by atoms with Gasteiger partial charge in [-0.3, -0.25) is 5.73 Å². The third kappa shape index (κ3) is 1.38. The molecule has 0 aliphatic carbocycles. The number of fused-ring (bicyclic) bond motifs is 1. The van der Waals surface area contributed by atoms with Gasteiger partial charge in [0.05, 0.1) is 12.0 Å². The number of nitrogens with one attached hydrogen (secondary N) is 1. The minimum absolute atomic E-state index is 0.436. The average molecular weight is 213 g/mol. The van der Waals surface area contributed by atoms with Crippen LogP contribution in [0.1, 0.15) is 6.29 Å². The summed E-state index contributed by atoms with van der Waals surface area (Å²) in [5.41, 5.74) is 7.76. The van der Waals surface area contributed by atoms with Gasteiger partial charge in [0, 0.05) is 11.6 Å². The topological polar surface area (TPSA) is 68.2 Å². The van der Waals surface area contributed by atoms with Gasteiger partial charge >= 0.3 is 0 Å². The molecule has 0 spiro atoms. The maximum absolute atomic E-state index is 5.80. The molecule has 80 valence electrons. The van der Waals surface area contributed by atoms with Crippen LogP contribution in [0.3, 0.4) is 0 Å². The quantitative estimate of drug-likeness (QED) is 0.752. The SMILES string of the molecule is NC1N=CNc2cc(-c3ccccc3)nn21. The van der Waals surface area contributed by atoms with E-state index in [1.54, 1.807) is 11.0 Å². The number of rotatable bonds is 1. The van der Waals surface area contributed by atoms with Crippen LogP contribution in [0.25, 0.3) is 11.3 Å². The third-order valence-corrected chi connectivity index (χ3v) is 2.50. The van der Waals surface area contributed by atoms with Crippen LogP contribution in [-0.4, -0.2) is 16.1 Å². The summed E-state index contributed by atoms with van der Waals surface area (Å²) < 4.78 is 1.67. The molecule has 1 atom stereocenters. The van der Waals surface area contributed by atoms with E-state index in [0.717, 1.165) is 17.1 Å². The number of hydrogen-bond donors (Lipinski definition) is 2. The minimum atomic E-state index is -0.436. The van der Waals surface area contributed by atoms with Gasteiger partial charge in [0.1, 0.15) is 5.82 Å². The highest BCUT2D eigenvalue weighted by Crippen LogP contribution is 2.24. The van der Waals surface area contributed by atoms with Gasteiger partial charge in [0.25, 0.3) is 0 Å². The summed E-state index contributed by atoms with van der Waals surface area (Å²) in [6, 6.07) is 11.9. The van der Waals surface area contributed by atoms with Gasteiger partial charge in [-0.05, 0) is 0 Å². The lowest BCUT2D eigenvalue weighted by Crippen LogP contribution is -2.24. The van der Waals surface area contributed by atoms with E-state index >= 15 is 0 Å². The number of benzene rings is 1. The van der Waals surface area contributed by atoms with E-state index in [4.69, 9.17) is 5.73 Å². The van der Waals surface area contributed by atoms with Crippen LogP contribution in [-0.2, 0) is 0 Å². The van der Waals surface area contributed by atoms with Crippen LogP contribution in [0.4, 0.5) is 5.82 Å². The van der Waals surface area contributed by atoms with Crippen molar-refractivity contribution in [3.05, 3.63) is 36.4 Å². The predicted octanol–water partition coefficient (Wildman–Crippen LogP) is 1.42. The minimum Gasteiger partial charge on any atom is -0.331 e. The second-order valence-electron chi connectivity index (χ2n) is 3.56. The molecule has 3 N–H and O–H groups in total. The van der Waals surface area contributed by atoms with E-state index in [-0.39, 0.29) is 0 Å². The largest absolute Gasteiger partial charge is 0.331 e. The highest BCUT2D eigenvalue weighted by molar-refractivity contribution is 5.77. The number of aliphatic imine (C=N–C) groups is 1. The Balaban J connectivity index is 2.06. The van der Waals surface area contributed by atoms with E-state index in [1.165, 1.54) is 0 Å². The fourth-order valence-electron chi connectivity index (χ4n) is 1.70. The lowest BCUT2D eigenvalue weighted by molar-refractivity contribution is 0.493. The van der Waals surface area contributed by atoms with Gasteiger partial charge < -0.3 is 5.32 Å². The maximum Gasteiger partial charge on any atom is 0.197 e. The summed E-state index contributed by atoms with van der Waals surface area (Å²) >= 11 is 0. The van der Waals surface area contributed by atoms with Gasteiger partial charge in [-0.1, -0.05) is 30.3 Å². The van der Waals surface area contributed by atoms with Crippen LogP contribution in [0.5, 0.6) is 0 Å². The fourth-order valence-corrected chi connectivity index (χ4v) is 1.70. The number of hydrogen-bond acceptors (Lipinski definition) is 4. The van der Waals surface area contributed by atoms with Crippen molar-refractivity contribution in [1.29, 1.82) is 0 Å². The van der Waals surface area contributed by atoms with Gasteiger partial charge in [0.15, 0.2) is 6.29 Å². The molecule has 5 nitrogen and oxygen atoms in total. The fraction of sp³-hybridized carbons (Fsp3) is 0.0909. The smallest absolute Gasteiger partial charge is 0.197 e. The molecule has 0 bridgehead atoms. The van der Waals surface area contributed by atoms with Crippen molar-refractivity contribution in [3.63, 3.8) is 0 Å². The Labute approximate surface area is 92.6 Å². The summed E-state index contributed by atoms with van der Waals surface area (Å²) in [6.45, 7) is 0. The van der Waals surface area contributed by atoms with Gasteiger partial charge in [-0.25, -0.2) is 9.67 Å². The van der Waals surface area contributed by atoms with Gasteiger partial charge in [-0.2, -0.15) is 5.10 Å². The van der Waals surface area contributed by atoms with Crippen LogP contribution >= 0.6 is 0 Å². The van der Waals surface area contributed by atoms with Crippen LogP contribution in [0, 0.1) is 0 Å². The molecule has 3 rings (SSSR count). The molecule has 1 aromatic carbocycles. The first-order valence-corrected chi connectivity index (χ1v) is 5.03. The van der Waals surface area contributed by atoms with E-state index in [1.807, 2.05) is 36.4 Å².